The molecule has 1 aliphatic heterocycles. The van der Waals surface area contributed by atoms with Crippen LogP contribution in [-0.2, 0) is 11.3 Å². The summed E-state index contributed by atoms with van der Waals surface area (Å²) < 4.78 is 7.61. The van der Waals surface area contributed by atoms with E-state index in [1.165, 1.54) is 6.33 Å². The number of likely N-dealkylation sites (tertiary alicyclic amines) is 1. The van der Waals surface area contributed by atoms with Gasteiger partial charge in [-0.2, -0.15) is 0 Å². The van der Waals surface area contributed by atoms with Crippen LogP contribution in [0.25, 0.3) is 11.0 Å². The predicted octanol–water partition coefficient (Wildman–Crippen LogP) is 3.95. The summed E-state index contributed by atoms with van der Waals surface area (Å²) >= 11 is 0. The SMILES string of the molecule is CC(C)(C)OC(=O)N1CCC(Cn2cc(C#Cc3cccc(C(=O)NC4CC4)c3)c3c(N)ncnc32)CC1. The fourth-order valence-electron chi connectivity index (χ4n) is 4.66. The number of hydrogen-bond acceptors (Lipinski definition) is 6. The molecule has 198 valence electrons. The Bertz CT molecular complexity index is 1420. The molecule has 3 aromatic rings. The Morgan fingerprint density at radius 3 is 2.61 bits per heavy atom. The third-order valence-electron chi connectivity index (χ3n) is 6.78. The van der Waals surface area contributed by atoms with Crippen molar-refractivity contribution in [1.29, 1.82) is 0 Å². The largest absolute Gasteiger partial charge is 0.444 e. The number of nitrogen functional groups attached to an aromatic ring is 1. The van der Waals surface area contributed by atoms with Crippen molar-refractivity contribution >= 4 is 28.9 Å². The Morgan fingerprint density at radius 2 is 1.89 bits per heavy atom. The lowest BCUT2D eigenvalue weighted by Crippen LogP contribution is -2.42. The van der Waals surface area contributed by atoms with Gasteiger partial charge < -0.3 is 25.3 Å². The first-order valence-electron chi connectivity index (χ1n) is 13.2. The fourth-order valence-corrected chi connectivity index (χ4v) is 4.66. The van der Waals surface area contributed by atoms with Crippen LogP contribution in [0.3, 0.4) is 0 Å². The number of carbonyl (C=O) groups excluding carboxylic acids is 2. The quantitative estimate of drug-likeness (QED) is 0.510. The first-order chi connectivity index (χ1) is 18.2. The number of benzene rings is 1. The maximum atomic E-state index is 12.4. The molecule has 1 saturated carbocycles. The van der Waals surface area contributed by atoms with E-state index in [9.17, 15) is 9.59 Å². The van der Waals surface area contributed by atoms with Gasteiger partial charge in [0, 0.05) is 43.0 Å². The molecule has 1 aromatic carbocycles. The molecule has 2 aliphatic rings. The Kier molecular flexibility index (Phi) is 6.98. The van der Waals surface area contributed by atoms with Crippen molar-refractivity contribution in [3.8, 4) is 11.8 Å². The number of nitrogens with two attached hydrogens (primary N) is 1. The lowest BCUT2D eigenvalue weighted by Gasteiger charge is -2.33. The molecule has 3 heterocycles. The molecule has 1 saturated heterocycles. The molecule has 0 spiro atoms. The number of carbonyl (C=O) groups is 2. The number of rotatable bonds is 4. The highest BCUT2D eigenvalue weighted by molar-refractivity contribution is 5.95. The van der Waals surface area contributed by atoms with Crippen molar-refractivity contribution in [2.45, 2.75) is 64.6 Å². The van der Waals surface area contributed by atoms with Crippen LogP contribution in [0.1, 0.15) is 67.9 Å². The first kappa shape index (κ1) is 25.6. The average Bonchev–Trinajstić information content (AvgIpc) is 3.62. The summed E-state index contributed by atoms with van der Waals surface area (Å²) in [6, 6.07) is 7.64. The first-order valence-corrected chi connectivity index (χ1v) is 13.2. The number of anilines is 1. The van der Waals surface area contributed by atoms with Crippen LogP contribution in [0, 0.1) is 17.8 Å². The van der Waals surface area contributed by atoms with Crippen molar-refractivity contribution in [3.05, 3.63) is 53.5 Å². The van der Waals surface area contributed by atoms with Gasteiger partial charge >= 0.3 is 6.09 Å². The van der Waals surface area contributed by atoms with Crippen LogP contribution in [0.5, 0.6) is 0 Å². The van der Waals surface area contributed by atoms with E-state index in [4.69, 9.17) is 10.5 Å². The van der Waals surface area contributed by atoms with E-state index in [1.807, 2.05) is 45.2 Å². The van der Waals surface area contributed by atoms with E-state index in [1.54, 1.807) is 11.0 Å². The van der Waals surface area contributed by atoms with Gasteiger partial charge in [0.15, 0.2) is 0 Å². The number of hydrogen-bond donors (Lipinski definition) is 2. The summed E-state index contributed by atoms with van der Waals surface area (Å²) in [5, 5.41) is 3.74. The van der Waals surface area contributed by atoms with Crippen LogP contribution in [0.4, 0.5) is 10.6 Å². The minimum Gasteiger partial charge on any atom is -0.444 e. The third-order valence-corrected chi connectivity index (χ3v) is 6.78. The molecule has 5 rings (SSSR count). The maximum Gasteiger partial charge on any atom is 0.410 e. The molecule has 2 fully saturated rings. The van der Waals surface area contributed by atoms with Gasteiger partial charge in [0.25, 0.3) is 5.91 Å². The van der Waals surface area contributed by atoms with Crippen LogP contribution in [0.15, 0.2) is 36.8 Å². The van der Waals surface area contributed by atoms with Gasteiger partial charge in [-0.3, -0.25) is 4.79 Å². The zero-order chi connectivity index (χ0) is 26.9. The molecule has 9 heteroatoms. The second kappa shape index (κ2) is 10.4. The molecule has 0 atom stereocenters. The molecule has 0 bridgehead atoms. The zero-order valence-electron chi connectivity index (χ0n) is 22.2. The van der Waals surface area contributed by atoms with E-state index < -0.39 is 5.60 Å². The van der Waals surface area contributed by atoms with E-state index in [2.05, 4.69) is 31.7 Å². The molecule has 1 aliphatic carbocycles. The topological polar surface area (TPSA) is 115 Å². The van der Waals surface area contributed by atoms with Crippen molar-refractivity contribution in [1.82, 2.24) is 24.8 Å². The Morgan fingerprint density at radius 1 is 1.13 bits per heavy atom. The summed E-state index contributed by atoms with van der Waals surface area (Å²) in [7, 11) is 0. The lowest BCUT2D eigenvalue weighted by molar-refractivity contribution is 0.0178. The monoisotopic (exact) mass is 514 g/mol. The molecule has 0 unspecified atom stereocenters. The number of piperidine rings is 1. The number of nitrogens with zero attached hydrogens (tertiary/aromatic N) is 4. The van der Waals surface area contributed by atoms with Crippen molar-refractivity contribution in [2.24, 2.45) is 5.92 Å². The van der Waals surface area contributed by atoms with Crippen LogP contribution in [0.2, 0.25) is 0 Å². The lowest BCUT2D eigenvalue weighted by atomic mass is 9.97. The van der Waals surface area contributed by atoms with Crippen molar-refractivity contribution in [2.75, 3.05) is 18.8 Å². The van der Waals surface area contributed by atoms with Gasteiger partial charge in [-0.1, -0.05) is 17.9 Å². The Labute approximate surface area is 222 Å². The summed E-state index contributed by atoms with van der Waals surface area (Å²) in [4.78, 5) is 35.3. The van der Waals surface area contributed by atoms with Crippen molar-refractivity contribution < 1.29 is 14.3 Å². The molecular weight excluding hydrogens is 480 g/mol. The van der Waals surface area contributed by atoms with Gasteiger partial charge in [0.2, 0.25) is 0 Å². The fraction of sp³-hybridized carbons (Fsp3) is 0.448. The van der Waals surface area contributed by atoms with E-state index in [0.717, 1.165) is 54.4 Å². The van der Waals surface area contributed by atoms with Crippen molar-refractivity contribution in [3.63, 3.8) is 0 Å². The van der Waals surface area contributed by atoms with E-state index in [0.29, 0.717) is 36.4 Å². The Balaban J connectivity index is 1.32. The van der Waals surface area contributed by atoms with Gasteiger partial charge in [-0.05, 0) is 70.6 Å². The second-order valence-corrected chi connectivity index (χ2v) is 11.1. The molecule has 0 radical (unpaired) electrons. The predicted molar refractivity (Wildman–Crippen MR) is 145 cm³/mol. The van der Waals surface area contributed by atoms with E-state index in [-0.39, 0.29) is 12.0 Å². The third kappa shape index (κ3) is 6.08. The van der Waals surface area contributed by atoms with Gasteiger partial charge in [-0.15, -0.1) is 0 Å². The average molecular weight is 515 g/mol. The maximum absolute atomic E-state index is 12.4. The molecule has 3 N–H and O–H groups in total. The summed E-state index contributed by atoms with van der Waals surface area (Å²) in [6.07, 6.45) is 7.02. The summed E-state index contributed by atoms with van der Waals surface area (Å²) in [5.74, 6) is 7.11. The molecule has 2 aromatic heterocycles. The second-order valence-electron chi connectivity index (χ2n) is 11.1. The summed E-state index contributed by atoms with van der Waals surface area (Å²) in [5.41, 5.74) is 8.59. The molecule has 9 nitrogen and oxygen atoms in total. The molecular formula is C29H34N6O3. The number of ether oxygens (including phenoxy) is 1. The number of amides is 2. The highest BCUT2D eigenvalue weighted by atomic mass is 16.6. The van der Waals surface area contributed by atoms with E-state index >= 15 is 0 Å². The van der Waals surface area contributed by atoms with Crippen LogP contribution < -0.4 is 11.1 Å². The number of fused-ring (bicyclic) bond motifs is 1. The number of nitrogens with one attached hydrogen (secondary N) is 1. The highest BCUT2D eigenvalue weighted by Gasteiger charge is 2.28. The normalized spacial score (nSPS) is 16.1. The standard InChI is InChI=1S/C29H34N6O3/c1-29(2,3)38-28(37)34-13-11-20(12-14-34)16-35-17-22(24-25(30)31-18-32-26(24)35)8-7-19-5-4-6-21(15-19)27(36)33-23-9-10-23/h4-6,15,17-18,20,23H,9-14,16H2,1-3H3,(H,33,36)(H2,30,31,32). The van der Waals surface area contributed by atoms with Gasteiger partial charge in [0.05, 0.1) is 10.9 Å². The highest BCUT2D eigenvalue weighted by Crippen LogP contribution is 2.27. The minimum absolute atomic E-state index is 0.0666. The van der Waals surface area contributed by atoms with Crippen LogP contribution in [-0.4, -0.2) is 56.2 Å². The Hall–Kier alpha value is -4.06. The van der Waals surface area contributed by atoms with Gasteiger partial charge in [-0.25, -0.2) is 14.8 Å². The van der Waals surface area contributed by atoms with Gasteiger partial charge in [0.1, 0.15) is 23.4 Å². The summed E-state index contributed by atoms with van der Waals surface area (Å²) in [6.45, 7) is 7.70. The smallest absolute Gasteiger partial charge is 0.410 e. The van der Waals surface area contributed by atoms with Crippen LogP contribution >= 0.6 is 0 Å². The number of aromatic nitrogens is 3. The molecule has 38 heavy (non-hydrogen) atoms. The minimum atomic E-state index is -0.501. The zero-order valence-corrected chi connectivity index (χ0v) is 22.2. The molecule has 2 amide bonds.